The molecule has 6 heteroatoms. The van der Waals surface area contributed by atoms with Gasteiger partial charge in [0.05, 0.1) is 0 Å². The van der Waals surface area contributed by atoms with E-state index in [0.717, 1.165) is 40.8 Å². The van der Waals surface area contributed by atoms with Crippen LogP contribution in [0.2, 0.25) is 0 Å². The molecule has 0 aliphatic heterocycles. The van der Waals surface area contributed by atoms with Crippen LogP contribution in [-0.4, -0.2) is 22.9 Å². The molecule has 2 heterocycles. The third-order valence-corrected chi connectivity index (χ3v) is 6.84. The van der Waals surface area contributed by atoms with E-state index >= 15 is 0 Å². The molecule has 1 aliphatic carbocycles. The number of rotatable bonds is 5. The smallest absolute Gasteiger partial charge is 0.348 e. The fraction of sp³-hybridized carbons (Fsp3) is 0.273. The van der Waals surface area contributed by atoms with E-state index in [-0.39, 0.29) is 12.4 Å². The molecule has 0 radical (unpaired) electrons. The summed E-state index contributed by atoms with van der Waals surface area (Å²) in [6, 6.07) is 11.7. The van der Waals surface area contributed by atoms with E-state index < -0.39 is 5.97 Å². The number of carbonyl (C=O) groups is 2. The molecule has 1 aliphatic rings. The summed E-state index contributed by atoms with van der Waals surface area (Å²) in [4.78, 5) is 26.9. The first kappa shape index (κ1) is 19.2. The first-order chi connectivity index (χ1) is 13.4. The van der Waals surface area contributed by atoms with E-state index in [1.807, 2.05) is 54.8 Å². The Morgan fingerprint density at radius 3 is 2.61 bits per heavy atom. The van der Waals surface area contributed by atoms with Crippen molar-refractivity contribution in [1.82, 2.24) is 4.57 Å². The Labute approximate surface area is 176 Å². The number of halogens is 1. The molecule has 2 aromatic heterocycles. The number of hydrogen-bond donors (Lipinski definition) is 0. The zero-order valence-corrected chi connectivity index (χ0v) is 18.2. The lowest BCUT2D eigenvalue weighted by Gasteiger charge is -2.10. The topological polar surface area (TPSA) is 48.3 Å². The fourth-order valence-electron chi connectivity index (χ4n) is 3.74. The molecule has 0 spiro atoms. The standard InChI is InChI=1S/C22H20BrNO3S/c1-13-10-18(14(2)24(13)17-8-6-16(23)7-9-17)19(25)12-27-22(26)21-11-15-4-3-5-20(15)28-21/h6-11H,3-5,12H2,1-2H3. The molecule has 144 valence electrons. The predicted molar refractivity (Wildman–Crippen MR) is 114 cm³/mol. The third kappa shape index (κ3) is 3.59. The quantitative estimate of drug-likeness (QED) is 0.378. The molecule has 0 bridgehead atoms. The summed E-state index contributed by atoms with van der Waals surface area (Å²) in [6.07, 6.45) is 3.22. The van der Waals surface area contributed by atoms with Crippen molar-refractivity contribution in [3.05, 3.63) is 73.1 Å². The zero-order chi connectivity index (χ0) is 19.8. The highest BCUT2D eigenvalue weighted by molar-refractivity contribution is 9.10. The van der Waals surface area contributed by atoms with Gasteiger partial charge in [0, 0.05) is 32.0 Å². The van der Waals surface area contributed by atoms with Gasteiger partial charge in [0.25, 0.3) is 0 Å². The maximum atomic E-state index is 12.7. The molecular weight excluding hydrogens is 438 g/mol. The summed E-state index contributed by atoms with van der Waals surface area (Å²) in [6.45, 7) is 3.63. The zero-order valence-electron chi connectivity index (χ0n) is 15.8. The molecule has 3 aromatic rings. The van der Waals surface area contributed by atoms with Crippen molar-refractivity contribution in [2.24, 2.45) is 0 Å². The van der Waals surface area contributed by atoms with Crippen LogP contribution >= 0.6 is 27.3 Å². The average Bonchev–Trinajstić information content (AvgIpc) is 3.34. The van der Waals surface area contributed by atoms with Crippen LogP contribution in [0, 0.1) is 13.8 Å². The van der Waals surface area contributed by atoms with Gasteiger partial charge in [-0.3, -0.25) is 4.79 Å². The van der Waals surface area contributed by atoms with Crippen LogP contribution in [0.15, 0.2) is 40.9 Å². The van der Waals surface area contributed by atoms with Gasteiger partial charge >= 0.3 is 5.97 Å². The number of carbonyl (C=O) groups excluding carboxylic acids is 2. The van der Waals surface area contributed by atoms with E-state index in [2.05, 4.69) is 15.9 Å². The highest BCUT2D eigenvalue weighted by Crippen LogP contribution is 2.31. The van der Waals surface area contributed by atoms with Gasteiger partial charge in [0.2, 0.25) is 5.78 Å². The highest BCUT2D eigenvalue weighted by Gasteiger charge is 2.22. The van der Waals surface area contributed by atoms with Gasteiger partial charge in [-0.25, -0.2) is 4.79 Å². The first-order valence-corrected chi connectivity index (χ1v) is 10.8. The van der Waals surface area contributed by atoms with E-state index in [4.69, 9.17) is 4.74 Å². The maximum Gasteiger partial charge on any atom is 0.348 e. The van der Waals surface area contributed by atoms with Crippen LogP contribution in [0.1, 0.15) is 48.3 Å². The van der Waals surface area contributed by atoms with Gasteiger partial charge in [0.15, 0.2) is 6.61 Å². The summed E-state index contributed by atoms with van der Waals surface area (Å²) >= 11 is 4.93. The van der Waals surface area contributed by atoms with Crippen molar-refractivity contribution in [3.63, 3.8) is 0 Å². The molecule has 0 saturated carbocycles. The molecule has 0 saturated heterocycles. The van der Waals surface area contributed by atoms with Crippen molar-refractivity contribution < 1.29 is 14.3 Å². The second-order valence-electron chi connectivity index (χ2n) is 7.01. The number of benzene rings is 1. The number of Topliss-reactive ketones (excluding diaryl/α,β-unsaturated/α-hetero) is 1. The summed E-state index contributed by atoms with van der Waals surface area (Å²) < 4.78 is 8.35. The normalized spacial score (nSPS) is 12.8. The van der Waals surface area contributed by atoms with Gasteiger partial charge in [-0.2, -0.15) is 0 Å². The molecule has 1 aromatic carbocycles. The Kier molecular flexibility index (Phi) is 5.25. The highest BCUT2D eigenvalue weighted by atomic mass is 79.9. The third-order valence-electron chi connectivity index (χ3n) is 5.10. The van der Waals surface area contributed by atoms with Crippen molar-refractivity contribution in [2.45, 2.75) is 33.1 Å². The van der Waals surface area contributed by atoms with Gasteiger partial charge in [0.1, 0.15) is 4.88 Å². The van der Waals surface area contributed by atoms with Crippen LogP contribution in [0.5, 0.6) is 0 Å². The Balaban J connectivity index is 1.48. The fourth-order valence-corrected chi connectivity index (χ4v) is 5.15. The number of ether oxygens (including phenoxy) is 1. The lowest BCUT2D eigenvalue weighted by molar-refractivity contribution is 0.0479. The minimum atomic E-state index is -0.408. The van der Waals surface area contributed by atoms with Crippen molar-refractivity contribution in [1.29, 1.82) is 0 Å². The van der Waals surface area contributed by atoms with Crippen LogP contribution in [-0.2, 0) is 17.6 Å². The van der Waals surface area contributed by atoms with Gasteiger partial charge in [-0.1, -0.05) is 15.9 Å². The van der Waals surface area contributed by atoms with Crippen LogP contribution in [0.4, 0.5) is 0 Å². The SMILES string of the molecule is Cc1cc(C(=O)COC(=O)c2cc3c(s2)CCC3)c(C)n1-c1ccc(Br)cc1. The molecule has 0 amide bonds. The number of hydrogen-bond acceptors (Lipinski definition) is 4. The number of aryl methyl sites for hydroxylation is 3. The molecule has 0 fully saturated rings. The molecule has 28 heavy (non-hydrogen) atoms. The molecule has 0 unspecified atom stereocenters. The average molecular weight is 458 g/mol. The number of aromatic nitrogens is 1. The van der Waals surface area contributed by atoms with Crippen molar-refractivity contribution in [3.8, 4) is 5.69 Å². The van der Waals surface area contributed by atoms with Gasteiger partial charge < -0.3 is 9.30 Å². The maximum absolute atomic E-state index is 12.7. The monoisotopic (exact) mass is 457 g/mol. The van der Waals surface area contributed by atoms with Crippen LogP contribution in [0.3, 0.4) is 0 Å². The molecule has 0 atom stereocenters. The summed E-state index contributed by atoms with van der Waals surface area (Å²) in [5, 5.41) is 0. The second-order valence-corrected chi connectivity index (χ2v) is 9.06. The summed E-state index contributed by atoms with van der Waals surface area (Å²) in [7, 11) is 0. The van der Waals surface area contributed by atoms with Crippen LogP contribution in [0.25, 0.3) is 5.69 Å². The van der Waals surface area contributed by atoms with Crippen molar-refractivity contribution >= 4 is 39.0 Å². The Hall–Kier alpha value is -2.18. The predicted octanol–water partition coefficient (Wildman–Crippen LogP) is 5.45. The Morgan fingerprint density at radius 2 is 1.89 bits per heavy atom. The van der Waals surface area contributed by atoms with Crippen molar-refractivity contribution in [2.75, 3.05) is 6.61 Å². The number of nitrogens with zero attached hydrogens (tertiary/aromatic N) is 1. The molecule has 4 nitrogen and oxygen atoms in total. The minimum Gasteiger partial charge on any atom is -0.453 e. The summed E-state index contributed by atoms with van der Waals surface area (Å²) in [5.41, 5.74) is 4.63. The summed E-state index contributed by atoms with van der Waals surface area (Å²) in [5.74, 6) is -0.594. The first-order valence-electron chi connectivity index (χ1n) is 9.21. The van der Waals surface area contributed by atoms with E-state index in [1.54, 1.807) is 0 Å². The minimum absolute atomic E-state index is 0.186. The molecule has 0 N–H and O–H groups in total. The van der Waals surface area contributed by atoms with Gasteiger partial charge in [-0.05, 0) is 75.1 Å². The molecule has 4 rings (SSSR count). The second kappa shape index (κ2) is 7.68. The Morgan fingerprint density at radius 1 is 1.14 bits per heavy atom. The lowest BCUT2D eigenvalue weighted by Crippen LogP contribution is -2.14. The number of thiophene rings is 1. The van der Waals surface area contributed by atoms with Gasteiger partial charge in [-0.15, -0.1) is 11.3 Å². The van der Waals surface area contributed by atoms with E-state index in [9.17, 15) is 9.59 Å². The van der Waals surface area contributed by atoms with E-state index in [0.29, 0.717) is 10.4 Å². The number of esters is 1. The largest absolute Gasteiger partial charge is 0.453 e. The lowest BCUT2D eigenvalue weighted by atomic mass is 10.1. The Bertz CT molecular complexity index is 1040. The molecular formula is C22H20BrNO3S. The number of ketones is 1. The van der Waals surface area contributed by atoms with Crippen LogP contribution < -0.4 is 0 Å². The van der Waals surface area contributed by atoms with E-state index in [1.165, 1.54) is 21.8 Å². The number of fused-ring (bicyclic) bond motifs is 1.